The Balaban J connectivity index is 1.97. The van der Waals surface area contributed by atoms with Crippen LogP contribution in [0.4, 0.5) is 5.69 Å². The van der Waals surface area contributed by atoms with E-state index in [1.54, 1.807) is 12.1 Å². The minimum atomic E-state index is -4.11. The van der Waals surface area contributed by atoms with Crippen molar-refractivity contribution in [3.8, 4) is 22.6 Å². The molecular formula is C18H13ClN2O6S. The number of hydrogen-bond donors (Lipinski definition) is 4. The monoisotopic (exact) mass is 420 g/mol. The van der Waals surface area contributed by atoms with Gasteiger partial charge in [0.25, 0.3) is 10.0 Å². The third-order valence-corrected chi connectivity index (χ3v) is 5.41. The Morgan fingerprint density at radius 2 is 1.82 bits per heavy atom. The van der Waals surface area contributed by atoms with E-state index >= 15 is 0 Å². The van der Waals surface area contributed by atoms with E-state index < -0.39 is 21.7 Å². The molecule has 1 heterocycles. The Morgan fingerprint density at radius 3 is 2.46 bits per heavy atom. The van der Waals surface area contributed by atoms with Crippen molar-refractivity contribution in [3.63, 3.8) is 0 Å². The fourth-order valence-corrected chi connectivity index (χ4v) is 3.67. The van der Waals surface area contributed by atoms with Crippen molar-refractivity contribution in [2.45, 2.75) is 4.90 Å². The van der Waals surface area contributed by atoms with Gasteiger partial charge in [-0.15, -0.1) is 0 Å². The molecule has 0 unspecified atom stereocenters. The number of carboxylic acids is 1. The maximum Gasteiger partial charge on any atom is 0.339 e. The van der Waals surface area contributed by atoms with Crippen molar-refractivity contribution in [1.82, 2.24) is 4.98 Å². The normalized spacial score (nSPS) is 11.2. The average molecular weight is 421 g/mol. The summed E-state index contributed by atoms with van der Waals surface area (Å²) in [6.07, 6.45) is 1.06. The number of nitrogens with one attached hydrogen (secondary N) is 1. The molecule has 0 spiro atoms. The molecule has 0 atom stereocenters. The van der Waals surface area contributed by atoms with Crippen LogP contribution in [0.1, 0.15) is 10.4 Å². The van der Waals surface area contributed by atoms with Gasteiger partial charge in [0.15, 0.2) is 0 Å². The summed E-state index contributed by atoms with van der Waals surface area (Å²) in [5.74, 6) is -1.94. The lowest BCUT2D eigenvalue weighted by molar-refractivity contribution is 0.0693. The predicted octanol–water partition coefficient (Wildman–Crippen LogP) is 3.31. The summed E-state index contributed by atoms with van der Waals surface area (Å²) in [6.45, 7) is 0. The minimum Gasteiger partial charge on any atom is -0.508 e. The molecule has 0 amide bonds. The Bertz CT molecular complexity index is 1180. The second-order valence-electron chi connectivity index (χ2n) is 5.70. The van der Waals surface area contributed by atoms with Crippen LogP contribution < -0.4 is 4.72 Å². The van der Waals surface area contributed by atoms with E-state index in [2.05, 4.69) is 9.71 Å². The molecule has 3 aromatic rings. The van der Waals surface area contributed by atoms with Crippen LogP contribution in [0.3, 0.4) is 0 Å². The molecule has 0 fully saturated rings. The van der Waals surface area contributed by atoms with Crippen LogP contribution in [0.25, 0.3) is 11.1 Å². The topological polar surface area (TPSA) is 137 Å². The third-order valence-electron chi connectivity index (χ3n) is 3.76. The van der Waals surface area contributed by atoms with Gasteiger partial charge in [0.2, 0.25) is 0 Å². The van der Waals surface area contributed by atoms with Crippen LogP contribution in [0.15, 0.2) is 59.6 Å². The highest BCUT2D eigenvalue weighted by molar-refractivity contribution is 7.92. The largest absolute Gasteiger partial charge is 0.508 e. The van der Waals surface area contributed by atoms with Crippen molar-refractivity contribution >= 4 is 33.3 Å². The van der Waals surface area contributed by atoms with Gasteiger partial charge >= 0.3 is 5.97 Å². The van der Waals surface area contributed by atoms with Gasteiger partial charge in [0, 0.05) is 17.8 Å². The van der Waals surface area contributed by atoms with Crippen molar-refractivity contribution in [1.29, 1.82) is 0 Å². The van der Waals surface area contributed by atoms with Crippen molar-refractivity contribution < 1.29 is 28.5 Å². The number of aromatic hydroxyl groups is 2. The van der Waals surface area contributed by atoms with E-state index in [1.165, 1.54) is 24.3 Å². The van der Waals surface area contributed by atoms with Gasteiger partial charge in [-0.1, -0.05) is 23.7 Å². The Hall–Kier alpha value is -3.30. The number of aromatic nitrogens is 1. The van der Waals surface area contributed by atoms with Crippen LogP contribution in [0.2, 0.25) is 5.15 Å². The highest BCUT2D eigenvalue weighted by Gasteiger charge is 2.19. The van der Waals surface area contributed by atoms with Crippen LogP contribution in [0, 0.1) is 0 Å². The molecule has 4 N–H and O–H groups in total. The van der Waals surface area contributed by atoms with Crippen LogP contribution in [-0.2, 0) is 10.0 Å². The summed E-state index contributed by atoms with van der Waals surface area (Å²) >= 11 is 6.06. The van der Waals surface area contributed by atoms with Gasteiger partial charge < -0.3 is 15.3 Å². The average Bonchev–Trinajstić information content (AvgIpc) is 2.61. The molecule has 0 bridgehead atoms. The lowest BCUT2D eigenvalue weighted by Crippen LogP contribution is -2.13. The molecule has 1 aromatic heterocycles. The first-order valence-corrected chi connectivity index (χ1v) is 9.57. The van der Waals surface area contributed by atoms with Gasteiger partial charge in [0.05, 0.1) is 5.69 Å². The maximum absolute atomic E-state index is 12.7. The zero-order valence-electron chi connectivity index (χ0n) is 14.0. The molecule has 2 aromatic carbocycles. The van der Waals surface area contributed by atoms with Crippen molar-refractivity contribution in [2.24, 2.45) is 0 Å². The Labute approximate surface area is 164 Å². The quantitative estimate of drug-likeness (QED) is 0.464. The number of rotatable bonds is 5. The Kier molecular flexibility index (Phi) is 5.12. The highest BCUT2D eigenvalue weighted by atomic mass is 35.5. The molecule has 0 saturated heterocycles. The number of hydrogen-bond acceptors (Lipinski definition) is 6. The Morgan fingerprint density at radius 1 is 1.07 bits per heavy atom. The fraction of sp³-hybridized carbons (Fsp3) is 0. The second-order valence-corrected chi connectivity index (χ2v) is 7.74. The zero-order chi connectivity index (χ0) is 20.5. The lowest BCUT2D eigenvalue weighted by Gasteiger charge is -2.11. The van der Waals surface area contributed by atoms with E-state index in [0.29, 0.717) is 11.1 Å². The molecule has 10 heteroatoms. The van der Waals surface area contributed by atoms with Crippen molar-refractivity contribution in [2.75, 3.05) is 4.72 Å². The first-order chi connectivity index (χ1) is 13.2. The van der Waals surface area contributed by atoms with Gasteiger partial charge in [-0.3, -0.25) is 4.72 Å². The van der Waals surface area contributed by atoms with Crippen LogP contribution in [-0.4, -0.2) is 34.7 Å². The van der Waals surface area contributed by atoms with E-state index in [4.69, 9.17) is 16.7 Å². The summed E-state index contributed by atoms with van der Waals surface area (Å²) in [6, 6.07) is 10.6. The molecule has 0 aliphatic rings. The zero-order valence-corrected chi connectivity index (χ0v) is 15.6. The number of aromatic carboxylic acids is 1. The molecule has 0 saturated carbocycles. The molecule has 3 rings (SSSR count). The summed E-state index contributed by atoms with van der Waals surface area (Å²) in [5, 5.41) is 28.3. The van der Waals surface area contributed by atoms with E-state index in [9.17, 15) is 23.4 Å². The summed E-state index contributed by atoms with van der Waals surface area (Å²) in [5.41, 5.74) is 0.376. The second kappa shape index (κ2) is 7.37. The highest BCUT2D eigenvalue weighted by Crippen LogP contribution is 2.31. The summed E-state index contributed by atoms with van der Waals surface area (Å²) < 4.78 is 27.5. The van der Waals surface area contributed by atoms with Gasteiger partial charge in [0.1, 0.15) is 27.1 Å². The number of benzene rings is 2. The molecule has 0 radical (unpaired) electrons. The van der Waals surface area contributed by atoms with Crippen molar-refractivity contribution in [3.05, 3.63) is 65.4 Å². The SMILES string of the molecule is O=C(O)c1ccc(NS(=O)(=O)c2cnc(Cl)c(-c3cccc(O)c3)c2)cc1O. The molecule has 28 heavy (non-hydrogen) atoms. The lowest BCUT2D eigenvalue weighted by atomic mass is 10.1. The fourth-order valence-electron chi connectivity index (χ4n) is 2.44. The third kappa shape index (κ3) is 4.00. The molecule has 0 aliphatic carbocycles. The molecular weight excluding hydrogens is 408 g/mol. The number of anilines is 1. The number of pyridine rings is 1. The number of carboxylic acid groups (broad SMARTS) is 1. The number of phenolic OH excluding ortho intramolecular Hbond substituents is 1. The van der Waals surface area contributed by atoms with Crippen LogP contribution >= 0.6 is 11.6 Å². The summed E-state index contributed by atoms with van der Waals surface area (Å²) in [4.78, 5) is 14.6. The number of phenols is 2. The molecule has 0 aliphatic heterocycles. The number of sulfonamides is 1. The first-order valence-electron chi connectivity index (χ1n) is 7.71. The molecule has 8 nitrogen and oxygen atoms in total. The number of carbonyl (C=O) groups is 1. The number of nitrogens with zero attached hydrogens (tertiary/aromatic N) is 1. The van der Waals surface area contributed by atoms with E-state index in [0.717, 1.165) is 18.3 Å². The van der Waals surface area contributed by atoms with Gasteiger partial charge in [-0.05, 0) is 35.9 Å². The molecule has 144 valence electrons. The van der Waals surface area contributed by atoms with E-state index in [1.807, 2.05) is 0 Å². The van der Waals surface area contributed by atoms with Crippen LogP contribution in [0.5, 0.6) is 11.5 Å². The summed E-state index contributed by atoms with van der Waals surface area (Å²) in [7, 11) is -4.11. The maximum atomic E-state index is 12.7. The standard InChI is InChI=1S/C18H13ClN2O6S/c19-17-15(10-2-1-3-12(22)6-10)8-13(9-20-17)28(26,27)21-11-4-5-14(18(24)25)16(23)7-11/h1-9,21-23H,(H,24,25). The van der Waals surface area contributed by atoms with Gasteiger partial charge in [-0.25, -0.2) is 18.2 Å². The predicted molar refractivity (Wildman–Crippen MR) is 102 cm³/mol. The van der Waals surface area contributed by atoms with Gasteiger partial charge in [-0.2, -0.15) is 0 Å². The first kappa shape index (κ1) is 19.5. The number of halogens is 1. The van der Waals surface area contributed by atoms with E-state index in [-0.39, 0.29) is 27.0 Å². The minimum absolute atomic E-state index is 0.0195. The smallest absolute Gasteiger partial charge is 0.339 e.